The second-order valence-electron chi connectivity index (χ2n) is 4.14. The topological polar surface area (TPSA) is 79.5 Å². The molecule has 0 fully saturated rings. The van der Waals surface area contributed by atoms with Gasteiger partial charge in [-0.05, 0) is 19.1 Å². The van der Waals surface area contributed by atoms with Crippen molar-refractivity contribution in [3.63, 3.8) is 0 Å². The van der Waals surface area contributed by atoms with Crippen LogP contribution in [0.4, 0.5) is 5.69 Å². The van der Waals surface area contributed by atoms with Crippen LogP contribution in [-0.4, -0.2) is 26.4 Å². The molecule has 19 heavy (non-hydrogen) atoms. The van der Waals surface area contributed by atoms with Gasteiger partial charge in [-0.1, -0.05) is 17.3 Å². The van der Waals surface area contributed by atoms with E-state index in [1.165, 1.54) is 0 Å². The van der Waals surface area contributed by atoms with E-state index in [4.69, 9.17) is 5.21 Å². The quantitative estimate of drug-likeness (QED) is 0.501. The maximum Gasteiger partial charge on any atom is 0.275 e. The number of imidazole rings is 1. The second-order valence-corrected chi connectivity index (χ2v) is 4.14. The van der Waals surface area contributed by atoms with Crippen molar-refractivity contribution in [1.82, 2.24) is 9.55 Å². The van der Waals surface area contributed by atoms with Gasteiger partial charge in [0.1, 0.15) is 5.69 Å². The summed E-state index contributed by atoms with van der Waals surface area (Å²) in [6.07, 6.45) is 3.20. The molecule has 0 radical (unpaired) electrons. The fourth-order valence-corrected chi connectivity index (χ4v) is 1.60. The molecule has 1 aromatic carbocycles. The molecule has 6 nitrogen and oxygen atoms in total. The van der Waals surface area contributed by atoms with Crippen LogP contribution in [0.25, 0.3) is 0 Å². The molecule has 0 bridgehead atoms. The summed E-state index contributed by atoms with van der Waals surface area (Å²) in [7, 11) is 1.80. The summed E-state index contributed by atoms with van der Waals surface area (Å²) in [4.78, 5) is 15.9. The van der Waals surface area contributed by atoms with E-state index in [-0.39, 0.29) is 5.91 Å². The summed E-state index contributed by atoms with van der Waals surface area (Å²) in [6.45, 7) is 1.68. The van der Waals surface area contributed by atoms with Crippen LogP contribution < -0.4 is 5.32 Å². The Morgan fingerprint density at radius 2 is 2.26 bits per heavy atom. The highest BCUT2D eigenvalue weighted by atomic mass is 16.4. The van der Waals surface area contributed by atoms with Crippen molar-refractivity contribution in [3.8, 4) is 0 Å². The fraction of sp³-hybridized carbons (Fsp3) is 0.154. The Balaban J connectivity index is 2.17. The van der Waals surface area contributed by atoms with Crippen LogP contribution in [0.1, 0.15) is 23.0 Å². The molecule has 0 aliphatic rings. The molecule has 1 amide bonds. The van der Waals surface area contributed by atoms with Gasteiger partial charge in [-0.2, -0.15) is 0 Å². The lowest BCUT2D eigenvalue weighted by molar-refractivity contribution is 0.102. The molecule has 0 aliphatic carbocycles. The lowest BCUT2D eigenvalue weighted by Crippen LogP contribution is -2.12. The number of amides is 1. The zero-order valence-corrected chi connectivity index (χ0v) is 10.7. The van der Waals surface area contributed by atoms with Crippen LogP contribution in [0.15, 0.2) is 41.9 Å². The van der Waals surface area contributed by atoms with E-state index in [9.17, 15) is 4.79 Å². The van der Waals surface area contributed by atoms with Crippen LogP contribution in [0.5, 0.6) is 0 Å². The lowest BCUT2D eigenvalue weighted by Gasteiger charge is -2.05. The molecule has 6 heteroatoms. The van der Waals surface area contributed by atoms with Gasteiger partial charge < -0.3 is 15.1 Å². The highest BCUT2D eigenvalue weighted by Gasteiger charge is 2.09. The van der Waals surface area contributed by atoms with Gasteiger partial charge >= 0.3 is 0 Å². The first-order chi connectivity index (χ1) is 9.10. The number of oxime groups is 1. The summed E-state index contributed by atoms with van der Waals surface area (Å²) in [6, 6.07) is 7.06. The van der Waals surface area contributed by atoms with Crippen molar-refractivity contribution in [2.24, 2.45) is 12.2 Å². The van der Waals surface area contributed by atoms with Crippen molar-refractivity contribution in [3.05, 3.63) is 48.0 Å². The molecule has 0 spiro atoms. The van der Waals surface area contributed by atoms with Crippen LogP contribution in [0.2, 0.25) is 0 Å². The van der Waals surface area contributed by atoms with Gasteiger partial charge in [-0.15, -0.1) is 0 Å². The third kappa shape index (κ3) is 2.98. The molecule has 0 saturated heterocycles. The summed E-state index contributed by atoms with van der Waals surface area (Å²) < 4.78 is 1.70. The predicted octanol–water partition coefficient (Wildman–Crippen LogP) is 1.87. The molecule has 0 unspecified atom stereocenters. The Bertz CT molecular complexity index is 631. The Labute approximate surface area is 110 Å². The molecular weight excluding hydrogens is 244 g/mol. The minimum absolute atomic E-state index is 0.281. The Kier molecular flexibility index (Phi) is 3.61. The zero-order chi connectivity index (χ0) is 13.8. The van der Waals surface area contributed by atoms with Crippen molar-refractivity contribution in [2.75, 3.05) is 5.32 Å². The predicted molar refractivity (Wildman–Crippen MR) is 71.6 cm³/mol. The Morgan fingerprint density at radius 1 is 1.47 bits per heavy atom. The van der Waals surface area contributed by atoms with E-state index in [0.717, 1.165) is 5.56 Å². The van der Waals surface area contributed by atoms with Gasteiger partial charge in [-0.25, -0.2) is 4.98 Å². The van der Waals surface area contributed by atoms with E-state index in [0.29, 0.717) is 17.1 Å². The molecule has 0 aliphatic heterocycles. The summed E-state index contributed by atoms with van der Waals surface area (Å²) in [5.41, 5.74) is 2.19. The van der Waals surface area contributed by atoms with E-state index in [1.54, 1.807) is 55.3 Å². The average Bonchev–Trinajstić information content (AvgIpc) is 2.85. The highest BCUT2D eigenvalue weighted by molar-refractivity contribution is 6.04. The normalized spacial score (nSPS) is 11.4. The monoisotopic (exact) mass is 258 g/mol. The van der Waals surface area contributed by atoms with E-state index in [1.807, 2.05) is 0 Å². The Morgan fingerprint density at radius 3 is 2.89 bits per heavy atom. The first kappa shape index (κ1) is 12.8. The van der Waals surface area contributed by atoms with Crippen LogP contribution in [-0.2, 0) is 7.05 Å². The first-order valence-corrected chi connectivity index (χ1v) is 5.68. The fourth-order valence-electron chi connectivity index (χ4n) is 1.60. The highest BCUT2D eigenvalue weighted by Crippen LogP contribution is 2.12. The SMILES string of the molecule is C/C(=N/O)c1cccc(NC(=O)c2cn(C)cn2)c1. The number of aryl methyl sites for hydroxylation is 1. The van der Waals surface area contributed by atoms with Gasteiger partial charge in [0.05, 0.1) is 12.0 Å². The molecular formula is C13H14N4O2. The number of carbonyl (C=O) groups is 1. The van der Waals surface area contributed by atoms with Gasteiger partial charge in [0.15, 0.2) is 0 Å². The molecule has 0 saturated carbocycles. The van der Waals surface area contributed by atoms with Gasteiger partial charge in [0.25, 0.3) is 5.91 Å². The molecule has 1 aromatic heterocycles. The van der Waals surface area contributed by atoms with Crippen molar-refractivity contribution in [1.29, 1.82) is 0 Å². The third-order valence-electron chi connectivity index (χ3n) is 2.63. The Hall–Kier alpha value is -2.63. The molecule has 2 aromatic rings. The molecule has 0 atom stereocenters. The number of aromatic nitrogens is 2. The number of hydrogen-bond acceptors (Lipinski definition) is 4. The van der Waals surface area contributed by atoms with E-state index in [2.05, 4.69) is 15.5 Å². The smallest absolute Gasteiger partial charge is 0.275 e. The van der Waals surface area contributed by atoms with Crippen LogP contribution >= 0.6 is 0 Å². The number of carbonyl (C=O) groups excluding carboxylic acids is 1. The van der Waals surface area contributed by atoms with Crippen LogP contribution in [0.3, 0.4) is 0 Å². The van der Waals surface area contributed by atoms with Gasteiger partial charge in [0, 0.05) is 24.5 Å². The van der Waals surface area contributed by atoms with Crippen molar-refractivity contribution in [2.45, 2.75) is 6.92 Å². The molecule has 2 rings (SSSR count). The summed E-state index contributed by atoms with van der Waals surface area (Å²) >= 11 is 0. The number of benzene rings is 1. The van der Waals surface area contributed by atoms with Gasteiger partial charge in [0.2, 0.25) is 0 Å². The maximum atomic E-state index is 11.9. The molecule has 2 N–H and O–H groups in total. The molecule has 1 heterocycles. The second kappa shape index (κ2) is 5.34. The number of hydrogen-bond donors (Lipinski definition) is 2. The maximum absolute atomic E-state index is 11.9. The number of rotatable bonds is 3. The minimum atomic E-state index is -0.281. The van der Waals surface area contributed by atoms with Gasteiger partial charge in [-0.3, -0.25) is 4.79 Å². The lowest BCUT2D eigenvalue weighted by atomic mass is 10.1. The largest absolute Gasteiger partial charge is 0.411 e. The number of anilines is 1. The number of nitrogens with zero attached hydrogens (tertiary/aromatic N) is 3. The summed E-state index contributed by atoms with van der Waals surface area (Å²) in [5, 5.41) is 14.6. The van der Waals surface area contributed by atoms with E-state index >= 15 is 0 Å². The summed E-state index contributed by atoms with van der Waals surface area (Å²) in [5.74, 6) is -0.281. The average molecular weight is 258 g/mol. The number of nitrogens with one attached hydrogen (secondary N) is 1. The zero-order valence-electron chi connectivity index (χ0n) is 10.7. The van der Waals surface area contributed by atoms with Crippen molar-refractivity contribution < 1.29 is 10.0 Å². The third-order valence-corrected chi connectivity index (χ3v) is 2.63. The minimum Gasteiger partial charge on any atom is -0.411 e. The standard InChI is InChI=1S/C13H14N4O2/c1-9(16-19)10-4-3-5-11(6-10)15-13(18)12-7-17(2)8-14-12/h3-8,19H,1-2H3,(H,15,18)/b16-9-. The van der Waals surface area contributed by atoms with Crippen molar-refractivity contribution >= 4 is 17.3 Å². The van der Waals surface area contributed by atoms with E-state index < -0.39 is 0 Å². The first-order valence-electron chi connectivity index (χ1n) is 5.68. The molecule has 98 valence electrons. The van der Waals surface area contributed by atoms with Crippen LogP contribution in [0, 0.1) is 0 Å².